The highest BCUT2D eigenvalue weighted by atomic mass is 32.1. The molecule has 0 aliphatic carbocycles. The second-order valence-corrected chi connectivity index (χ2v) is 16.0. The molecule has 2 aliphatic rings. The van der Waals surface area contributed by atoms with Crippen LogP contribution in [0.5, 0.6) is 0 Å². The van der Waals surface area contributed by atoms with Crippen LogP contribution >= 0.6 is 22.7 Å². The van der Waals surface area contributed by atoms with Crippen molar-refractivity contribution in [1.29, 1.82) is 0 Å². The van der Waals surface area contributed by atoms with Crippen molar-refractivity contribution in [1.82, 2.24) is 9.80 Å². The molecule has 1 N–H and O–H groups in total. The zero-order valence-electron chi connectivity index (χ0n) is 29.7. The lowest BCUT2D eigenvalue weighted by Gasteiger charge is -2.28. The van der Waals surface area contributed by atoms with Gasteiger partial charge in [-0.25, -0.2) is 0 Å². The van der Waals surface area contributed by atoms with E-state index in [0.29, 0.717) is 36.2 Å². The summed E-state index contributed by atoms with van der Waals surface area (Å²) in [5.74, 6) is 0.503. The topological polar surface area (TPSA) is 52.7 Å². The molecule has 2 amide bonds. The molecule has 4 heterocycles. The minimum atomic E-state index is -0.0590. The van der Waals surface area contributed by atoms with Gasteiger partial charge < -0.3 is 15.1 Å². The fourth-order valence-electron chi connectivity index (χ4n) is 6.76. The van der Waals surface area contributed by atoms with Crippen LogP contribution in [0.2, 0.25) is 0 Å². The van der Waals surface area contributed by atoms with Crippen molar-refractivity contribution in [3.8, 4) is 20.9 Å². The third kappa shape index (κ3) is 7.20. The Kier molecular flexibility index (Phi) is 10.9. The Bertz CT molecular complexity index is 1850. The first-order chi connectivity index (χ1) is 23.7. The Morgan fingerprint density at radius 2 is 1.16 bits per heavy atom. The number of carbonyl (C=O) groups excluding carboxylic acids is 2. The molecule has 7 heteroatoms. The lowest BCUT2D eigenvalue weighted by atomic mass is 9.98. The first kappa shape index (κ1) is 34.9. The number of benzene rings is 2. The van der Waals surface area contributed by atoms with E-state index in [0.717, 1.165) is 79.8 Å². The van der Waals surface area contributed by atoms with E-state index in [1.165, 1.54) is 0 Å². The number of amides is 2. The molecule has 2 aromatic heterocycles. The third-order valence-electron chi connectivity index (χ3n) is 9.65. The molecule has 0 fully saturated rings. The van der Waals surface area contributed by atoms with Crippen molar-refractivity contribution >= 4 is 51.6 Å². The molecule has 6 rings (SSSR count). The van der Waals surface area contributed by atoms with Crippen LogP contribution in [0.15, 0.2) is 90.0 Å². The maximum atomic E-state index is 14.8. The number of carbonyl (C=O) groups is 2. The highest BCUT2D eigenvalue weighted by Gasteiger charge is 2.49. The monoisotopic (exact) mass is 691 g/mol. The van der Waals surface area contributed by atoms with E-state index in [-0.39, 0.29) is 17.7 Å². The summed E-state index contributed by atoms with van der Waals surface area (Å²) in [5.41, 5.74) is 6.08. The van der Waals surface area contributed by atoms with Gasteiger partial charge in [-0.15, -0.1) is 22.7 Å². The van der Waals surface area contributed by atoms with Gasteiger partial charge in [0, 0.05) is 34.6 Å². The standard InChI is InChI=1S/C42H49N3O2S2/c1-7-10-14-29(9-3)26-45-40(36-24-22-34(49-36)31-17-19-32(20-18-31)43-28(6)8-2)38-37(42(45)47)39(44(41(38)46)25-27(4)5)35-23-21-33(48-35)30-15-12-11-13-16-30/h11-13,15-24,27-29,43H,7-10,14,25-26H2,1-6H3/t28?,29-/m0/s1. The molecule has 0 spiro atoms. The van der Waals surface area contributed by atoms with Gasteiger partial charge in [0.25, 0.3) is 11.8 Å². The Labute approximate surface area is 300 Å². The zero-order valence-corrected chi connectivity index (χ0v) is 31.3. The van der Waals surface area contributed by atoms with Crippen LogP contribution in [0, 0.1) is 11.8 Å². The third-order valence-corrected chi connectivity index (χ3v) is 11.9. The van der Waals surface area contributed by atoms with Crippen molar-refractivity contribution < 1.29 is 9.59 Å². The van der Waals surface area contributed by atoms with E-state index in [4.69, 9.17) is 0 Å². The maximum Gasteiger partial charge on any atom is 0.261 e. The molecule has 2 atom stereocenters. The molecule has 2 aromatic carbocycles. The van der Waals surface area contributed by atoms with E-state index in [1.807, 2.05) is 28.0 Å². The quantitative estimate of drug-likeness (QED) is 0.135. The summed E-state index contributed by atoms with van der Waals surface area (Å²) in [6.45, 7) is 14.2. The van der Waals surface area contributed by atoms with Crippen LogP contribution < -0.4 is 5.32 Å². The fraction of sp³-hybridized carbons (Fsp3) is 0.381. The number of anilines is 1. The summed E-state index contributed by atoms with van der Waals surface area (Å²) in [6.07, 6.45) is 5.37. The smallest absolute Gasteiger partial charge is 0.261 e. The molecule has 256 valence electrons. The van der Waals surface area contributed by atoms with Crippen LogP contribution in [0.3, 0.4) is 0 Å². The highest BCUT2D eigenvalue weighted by molar-refractivity contribution is 7.17. The molecule has 0 saturated heterocycles. The Morgan fingerprint density at radius 1 is 0.633 bits per heavy atom. The van der Waals surface area contributed by atoms with Crippen LogP contribution in [0.4, 0.5) is 5.69 Å². The maximum absolute atomic E-state index is 14.8. The summed E-state index contributed by atoms with van der Waals surface area (Å²) in [5, 5.41) is 3.55. The van der Waals surface area contributed by atoms with E-state index < -0.39 is 0 Å². The average molecular weight is 692 g/mol. The van der Waals surface area contributed by atoms with E-state index in [9.17, 15) is 9.59 Å². The second-order valence-electron chi connectivity index (χ2n) is 13.8. The average Bonchev–Trinajstić information content (AvgIpc) is 3.90. The Balaban J connectivity index is 1.47. The SMILES string of the molecule is CCCC[C@H](CC)CN1C(=O)C2=C(c3ccc(-c4ccccc4)s3)N(CC(C)C)C(=O)C2=C1c1ccc(-c2ccc(NC(C)CC)cc2)s1. The number of thiophene rings is 2. The number of unbranched alkanes of at least 4 members (excludes halogenated alkanes) is 1. The summed E-state index contributed by atoms with van der Waals surface area (Å²) < 4.78 is 0. The number of nitrogens with zero attached hydrogens (tertiary/aromatic N) is 2. The van der Waals surface area contributed by atoms with E-state index >= 15 is 0 Å². The summed E-state index contributed by atoms with van der Waals surface area (Å²) in [4.78, 5) is 37.5. The Morgan fingerprint density at radius 3 is 1.67 bits per heavy atom. The second kappa shape index (κ2) is 15.3. The lowest BCUT2D eigenvalue weighted by Crippen LogP contribution is -2.33. The molecule has 0 bridgehead atoms. The van der Waals surface area contributed by atoms with Gasteiger partial charge in [0.05, 0.1) is 32.3 Å². The zero-order chi connectivity index (χ0) is 34.7. The van der Waals surface area contributed by atoms with Crippen LogP contribution in [-0.2, 0) is 9.59 Å². The molecule has 4 aromatic rings. The summed E-state index contributed by atoms with van der Waals surface area (Å²) in [7, 11) is 0. The van der Waals surface area contributed by atoms with Crippen molar-refractivity contribution in [2.45, 2.75) is 79.7 Å². The van der Waals surface area contributed by atoms with Gasteiger partial charge in [0.15, 0.2) is 0 Å². The molecule has 49 heavy (non-hydrogen) atoms. The molecular weight excluding hydrogens is 643 g/mol. The Hall–Kier alpha value is -3.94. The first-order valence-electron chi connectivity index (χ1n) is 18.0. The molecular formula is C42H49N3O2S2. The van der Waals surface area contributed by atoms with Gasteiger partial charge in [0.1, 0.15) is 0 Å². The van der Waals surface area contributed by atoms with Gasteiger partial charge in [0.2, 0.25) is 0 Å². The first-order valence-corrected chi connectivity index (χ1v) is 19.6. The van der Waals surface area contributed by atoms with Crippen molar-refractivity contribution in [3.63, 3.8) is 0 Å². The van der Waals surface area contributed by atoms with Crippen LogP contribution in [0.25, 0.3) is 32.3 Å². The lowest BCUT2D eigenvalue weighted by molar-refractivity contribution is -0.124. The van der Waals surface area contributed by atoms with Crippen molar-refractivity contribution in [2.75, 3.05) is 18.4 Å². The van der Waals surface area contributed by atoms with E-state index in [1.54, 1.807) is 22.7 Å². The molecule has 0 saturated carbocycles. The molecule has 0 radical (unpaired) electrons. The number of nitrogens with one attached hydrogen (secondary N) is 1. The van der Waals surface area contributed by atoms with Gasteiger partial charge >= 0.3 is 0 Å². The number of rotatable bonds is 15. The van der Waals surface area contributed by atoms with Crippen molar-refractivity contribution in [2.24, 2.45) is 11.8 Å². The van der Waals surface area contributed by atoms with Crippen LogP contribution in [-0.4, -0.2) is 40.7 Å². The molecule has 1 unspecified atom stereocenters. The minimum Gasteiger partial charge on any atom is -0.383 e. The van der Waals surface area contributed by atoms with E-state index in [2.05, 4.69) is 108 Å². The minimum absolute atomic E-state index is 0.0420. The molecule has 5 nitrogen and oxygen atoms in total. The summed E-state index contributed by atoms with van der Waals surface area (Å²) >= 11 is 3.32. The fourth-order valence-corrected chi connectivity index (χ4v) is 8.90. The normalized spacial score (nSPS) is 16.0. The van der Waals surface area contributed by atoms with Crippen molar-refractivity contribution in [3.05, 3.63) is 99.8 Å². The number of hydrogen-bond donors (Lipinski definition) is 1. The number of fused-ring (bicyclic) bond motifs is 1. The highest BCUT2D eigenvalue weighted by Crippen LogP contribution is 2.50. The van der Waals surface area contributed by atoms with Gasteiger partial charge in [-0.05, 0) is 79.1 Å². The predicted octanol–water partition coefficient (Wildman–Crippen LogP) is 11.0. The largest absolute Gasteiger partial charge is 0.383 e. The van der Waals surface area contributed by atoms with Gasteiger partial charge in [-0.3, -0.25) is 9.59 Å². The van der Waals surface area contributed by atoms with Gasteiger partial charge in [-0.2, -0.15) is 0 Å². The summed E-state index contributed by atoms with van der Waals surface area (Å²) in [6, 6.07) is 27.8. The molecule has 2 aliphatic heterocycles. The van der Waals surface area contributed by atoms with Gasteiger partial charge in [-0.1, -0.05) is 96.3 Å². The number of hydrogen-bond acceptors (Lipinski definition) is 5. The predicted molar refractivity (Wildman–Crippen MR) is 208 cm³/mol. The van der Waals surface area contributed by atoms with Crippen LogP contribution in [0.1, 0.15) is 83.4 Å².